The van der Waals surface area contributed by atoms with Crippen LogP contribution in [0.4, 0.5) is 0 Å². The molecule has 0 aromatic carbocycles. The summed E-state index contributed by atoms with van der Waals surface area (Å²) in [6.45, 7) is 5.13. The standard InChI is InChI=1S/C4H7O2.2BrH.Zn/c1-3-6-4(2)5;;;/h2-3H2,1H3;2*1H;/q-1;;;+2/p-1. The van der Waals surface area contributed by atoms with Crippen LogP contribution >= 0.6 is 30.6 Å². The van der Waals surface area contributed by atoms with Gasteiger partial charge in [-0.15, -0.1) is 17.0 Å². The number of carbonyl (C=O) groups is 1. The number of hydrogen-bond acceptors (Lipinski definition) is 2. The van der Waals surface area contributed by atoms with Gasteiger partial charge < -0.3 is 4.74 Å². The Hall–Kier alpha value is 0.923. The summed E-state index contributed by atoms with van der Waals surface area (Å²) in [4.78, 5) is 9.71. The van der Waals surface area contributed by atoms with Crippen LogP contribution in [0.3, 0.4) is 0 Å². The normalized spacial score (nSPS) is 5.78. The summed E-state index contributed by atoms with van der Waals surface area (Å²) in [5.41, 5.74) is 0. The van der Waals surface area contributed by atoms with Crippen LogP contribution in [0.5, 0.6) is 0 Å². The Morgan fingerprint density at radius 3 is 2.11 bits per heavy atom. The molecule has 0 unspecified atom stereocenters. The maximum absolute atomic E-state index is 9.71. The van der Waals surface area contributed by atoms with E-state index in [0.29, 0.717) is 6.61 Å². The van der Waals surface area contributed by atoms with Gasteiger partial charge in [-0.3, -0.25) is 11.7 Å². The second-order valence-corrected chi connectivity index (χ2v) is 0.805. The van der Waals surface area contributed by atoms with Gasteiger partial charge in [-0.2, -0.15) is 0 Å². The second kappa shape index (κ2) is 16.0. The van der Waals surface area contributed by atoms with Gasteiger partial charge in [0.15, 0.2) is 5.97 Å². The topological polar surface area (TPSA) is 26.3 Å². The van der Waals surface area contributed by atoms with Crippen molar-refractivity contribution in [2.75, 3.05) is 6.61 Å². The number of carbonyl (C=O) groups excluding carboxylic acids is 1. The fraction of sp³-hybridized carbons (Fsp3) is 0.500. The monoisotopic (exact) mass is 310 g/mol. The first kappa shape index (κ1) is 16.5. The van der Waals surface area contributed by atoms with Gasteiger partial charge in [-0.05, 0) is 6.92 Å². The van der Waals surface area contributed by atoms with Gasteiger partial charge in [0.05, 0.1) is 6.61 Å². The zero-order valence-corrected chi connectivity index (χ0v) is 11.5. The molecule has 0 spiro atoms. The third kappa shape index (κ3) is 27.8. The van der Waals surface area contributed by atoms with E-state index < -0.39 is 5.97 Å². The molecule has 0 aromatic rings. The van der Waals surface area contributed by atoms with E-state index in [4.69, 9.17) is 0 Å². The molecule has 2 nitrogen and oxygen atoms in total. The predicted octanol–water partition coefficient (Wildman–Crippen LogP) is 1.80. The van der Waals surface area contributed by atoms with Gasteiger partial charge in [0.2, 0.25) is 0 Å². The van der Waals surface area contributed by atoms with Gasteiger partial charge >= 0.3 is 30.0 Å². The Kier molecular flexibility index (Phi) is 29.2. The maximum atomic E-state index is 9.71. The average molecular weight is 313 g/mol. The molecule has 0 aliphatic carbocycles. The molecule has 52 valence electrons. The Balaban J connectivity index is -0.000000109. The molecule has 0 amide bonds. The van der Waals surface area contributed by atoms with E-state index in [9.17, 15) is 4.79 Å². The van der Waals surface area contributed by atoms with Crippen molar-refractivity contribution in [1.82, 2.24) is 0 Å². The van der Waals surface area contributed by atoms with E-state index in [1.807, 2.05) is 0 Å². The summed E-state index contributed by atoms with van der Waals surface area (Å²) in [6, 6.07) is 0. The first-order valence-corrected chi connectivity index (χ1v) is 8.97. The number of hydrogen-bond donors (Lipinski definition) is 0. The minimum atomic E-state index is -0.461. The van der Waals surface area contributed by atoms with Gasteiger partial charge in [-0.1, -0.05) is 0 Å². The molecule has 0 saturated heterocycles. The number of esters is 1. The van der Waals surface area contributed by atoms with Crippen LogP contribution in [-0.2, 0) is 25.9 Å². The molecule has 5 heteroatoms. The van der Waals surface area contributed by atoms with E-state index in [1.54, 1.807) is 6.92 Å². The van der Waals surface area contributed by atoms with Gasteiger partial charge in [0.25, 0.3) is 0 Å². The zero-order valence-electron chi connectivity index (χ0n) is 5.22. The number of halogens is 2. The molecule has 9 heavy (non-hydrogen) atoms. The van der Waals surface area contributed by atoms with Crippen molar-refractivity contribution >= 4 is 36.6 Å². The molecule has 0 heterocycles. The summed E-state index contributed by atoms with van der Waals surface area (Å²) in [5, 5.41) is 0. The zero-order chi connectivity index (χ0) is 6.99. The third-order valence-electron chi connectivity index (χ3n) is 0.305. The Labute approximate surface area is 82.5 Å². The van der Waals surface area contributed by atoms with Crippen molar-refractivity contribution in [3.8, 4) is 0 Å². The molecular formula is C4H8Br2O2Zn. The summed E-state index contributed by atoms with van der Waals surface area (Å²) in [7, 11) is 0. The Morgan fingerprint density at radius 1 is 1.78 bits per heavy atom. The van der Waals surface area contributed by atoms with Crippen molar-refractivity contribution in [2.45, 2.75) is 6.92 Å². The first-order chi connectivity index (χ1) is 3.77. The van der Waals surface area contributed by atoms with Crippen LogP contribution in [0.1, 0.15) is 6.92 Å². The van der Waals surface area contributed by atoms with E-state index in [0.717, 1.165) is 0 Å². The summed E-state index contributed by atoms with van der Waals surface area (Å²) >= 11 is 4.25. The molecule has 0 atom stereocenters. The van der Waals surface area contributed by atoms with Crippen LogP contribution in [0, 0.1) is 6.92 Å². The molecule has 0 radical (unpaired) electrons. The summed E-state index contributed by atoms with van der Waals surface area (Å²) < 4.78 is 4.29. The average Bonchev–Trinajstić information content (AvgIpc) is 1.72. The van der Waals surface area contributed by atoms with Crippen LogP contribution in [0.25, 0.3) is 0 Å². The minimum absolute atomic E-state index is 0. The van der Waals surface area contributed by atoms with Crippen molar-refractivity contribution in [1.29, 1.82) is 0 Å². The molecule has 0 aliphatic heterocycles. The molecule has 0 rings (SSSR count). The van der Waals surface area contributed by atoms with Gasteiger partial charge in [-0.25, -0.2) is 0 Å². The summed E-state index contributed by atoms with van der Waals surface area (Å²) in [6.07, 6.45) is 0. The third-order valence-corrected chi connectivity index (χ3v) is 0.305. The molecule has 0 aliphatic rings. The predicted molar refractivity (Wildman–Crippen MR) is 41.2 cm³/mol. The molecular weight excluding hydrogens is 305 g/mol. The Morgan fingerprint density at radius 2 is 2.11 bits per heavy atom. The molecule has 0 aromatic heterocycles. The fourth-order valence-electron chi connectivity index (χ4n) is 0.161. The van der Waals surface area contributed by atoms with Crippen LogP contribution in [0.15, 0.2) is 0 Å². The van der Waals surface area contributed by atoms with Gasteiger partial charge in [0, 0.05) is 0 Å². The first-order valence-electron chi connectivity index (χ1n) is 2.02. The van der Waals surface area contributed by atoms with Crippen LogP contribution < -0.4 is 0 Å². The Bertz CT molecular complexity index is 60.5. The van der Waals surface area contributed by atoms with Gasteiger partial charge in [0.1, 0.15) is 0 Å². The van der Waals surface area contributed by atoms with Crippen molar-refractivity contribution < 1.29 is 25.9 Å². The van der Waals surface area contributed by atoms with E-state index in [1.165, 1.54) is 16.3 Å². The number of rotatable bonds is 1. The van der Waals surface area contributed by atoms with Crippen molar-refractivity contribution in [2.24, 2.45) is 0 Å². The quantitative estimate of drug-likeness (QED) is 0.419. The van der Waals surface area contributed by atoms with E-state index in [-0.39, 0.29) is 17.0 Å². The SMILES string of the molecule is Br.[CH2-]C(=O)OCC.[Zn+][Br]. The molecule has 0 N–H and O–H groups in total. The van der Waals surface area contributed by atoms with Crippen LogP contribution in [0.2, 0.25) is 0 Å². The number of ether oxygens (including phenoxy) is 1. The van der Waals surface area contributed by atoms with E-state index in [2.05, 4.69) is 25.3 Å². The molecule has 0 fully saturated rings. The fourth-order valence-corrected chi connectivity index (χ4v) is 0.161. The molecule has 0 bridgehead atoms. The summed E-state index contributed by atoms with van der Waals surface area (Å²) in [5.74, 6) is -0.461. The second-order valence-electron chi connectivity index (χ2n) is 0.805. The van der Waals surface area contributed by atoms with Crippen molar-refractivity contribution in [3.63, 3.8) is 0 Å². The van der Waals surface area contributed by atoms with E-state index >= 15 is 0 Å². The van der Waals surface area contributed by atoms with Crippen LogP contribution in [-0.4, -0.2) is 12.6 Å². The van der Waals surface area contributed by atoms with Crippen molar-refractivity contribution in [3.05, 3.63) is 6.92 Å². The molecule has 0 saturated carbocycles.